The summed E-state index contributed by atoms with van der Waals surface area (Å²) < 4.78 is 1.16. The molecule has 1 saturated carbocycles. The lowest BCUT2D eigenvalue weighted by Gasteiger charge is -2.36. The standard InChI is InChI=1S/C15H18N2O2S/c18-13(16-10-15(19)8-3-9-15)6-7-14-17-11-4-1-2-5-12(11)20-14/h1-2,4-5,19H,3,6-10H2,(H,16,18). The normalized spacial score (nSPS) is 16.9. The third-order valence-corrected chi connectivity index (χ3v) is 4.90. The maximum Gasteiger partial charge on any atom is 0.220 e. The van der Waals surface area contributed by atoms with Crippen molar-refractivity contribution >= 4 is 27.5 Å². The average molecular weight is 290 g/mol. The van der Waals surface area contributed by atoms with Crippen molar-refractivity contribution in [2.75, 3.05) is 6.54 Å². The SMILES string of the molecule is O=C(CCc1nc2ccccc2s1)NCC1(O)CCC1. The molecule has 0 bridgehead atoms. The minimum absolute atomic E-state index is 0.00965. The molecule has 106 valence electrons. The fourth-order valence-electron chi connectivity index (χ4n) is 2.36. The molecule has 0 radical (unpaired) electrons. The Morgan fingerprint density at radius 2 is 2.20 bits per heavy atom. The van der Waals surface area contributed by atoms with Crippen LogP contribution in [0.1, 0.15) is 30.7 Å². The van der Waals surface area contributed by atoms with Crippen molar-refractivity contribution in [3.63, 3.8) is 0 Å². The lowest BCUT2D eigenvalue weighted by molar-refractivity contribution is -0.123. The molecule has 1 amide bonds. The van der Waals surface area contributed by atoms with Gasteiger partial charge in [-0.05, 0) is 31.4 Å². The number of fused-ring (bicyclic) bond motifs is 1. The fraction of sp³-hybridized carbons (Fsp3) is 0.467. The number of aromatic nitrogens is 1. The summed E-state index contributed by atoms with van der Waals surface area (Å²) in [6.45, 7) is 0.381. The van der Waals surface area contributed by atoms with E-state index in [0.717, 1.165) is 34.5 Å². The Bertz CT molecular complexity index is 586. The second-order valence-electron chi connectivity index (χ2n) is 5.43. The number of hydrogen-bond donors (Lipinski definition) is 2. The van der Waals surface area contributed by atoms with E-state index in [-0.39, 0.29) is 5.91 Å². The minimum atomic E-state index is -0.647. The van der Waals surface area contributed by atoms with Gasteiger partial charge in [-0.1, -0.05) is 12.1 Å². The average Bonchev–Trinajstić information content (AvgIpc) is 2.83. The number of amides is 1. The molecule has 2 N–H and O–H groups in total. The second kappa shape index (κ2) is 5.50. The summed E-state index contributed by atoms with van der Waals surface area (Å²) >= 11 is 1.64. The fourth-order valence-corrected chi connectivity index (χ4v) is 3.33. The highest BCUT2D eigenvalue weighted by atomic mass is 32.1. The number of hydrogen-bond acceptors (Lipinski definition) is 4. The van der Waals surface area contributed by atoms with Gasteiger partial charge in [0.25, 0.3) is 0 Å². The van der Waals surface area contributed by atoms with Crippen LogP contribution < -0.4 is 5.32 Å². The van der Waals surface area contributed by atoms with E-state index in [9.17, 15) is 9.90 Å². The first kappa shape index (κ1) is 13.5. The van der Waals surface area contributed by atoms with Crippen molar-refractivity contribution in [2.24, 2.45) is 0 Å². The molecule has 0 atom stereocenters. The highest BCUT2D eigenvalue weighted by Gasteiger charge is 2.34. The minimum Gasteiger partial charge on any atom is -0.388 e. The number of para-hydroxylation sites is 1. The number of thiazole rings is 1. The van der Waals surface area contributed by atoms with Gasteiger partial charge in [0.1, 0.15) is 0 Å². The largest absolute Gasteiger partial charge is 0.388 e. The second-order valence-corrected chi connectivity index (χ2v) is 6.55. The summed E-state index contributed by atoms with van der Waals surface area (Å²) in [7, 11) is 0. The lowest BCUT2D eigenvalue weighted by Crippen LogP contribution is -2.47. The maximum absolute atomic E-state index is 11.8. The van der Waals surface area contributed by atoms with Crippen molar-refractivity contribution in [1.29, 1.82) is 0 Å². The van der Waals surface area contributed by atoms with Crippen LogP contribution in [0.25, 0.3) is 10.2 Å². The Labute approximate surface area is 121 Å². The summed E-state index contributed by atoms with van der Waals surface area (Å²) in [5, 5.41) is 13.7. The molecule has 1 aliphatic carbocycles. The molecule has 3 rings (SSSR count). The molecule has 1 aliphatic rings. The van der Waals surface area contributed by atoms with E-state index in [0.29, 0.717) is 19.4 Å². The van der Waals surface area contributed by atoms with Gasteiger partial charge in [0, 0.05) is 19.4 Å². The predicted octanol–water partition coefficient (Wildman–Crippen LogP) is 2.26. The molecular formula is C15H18N2O2S. The van der Waals surface area contributed by atoms with Gasteiger partial charge in [-0.2, -0.15) is 0 Å². The van der Waals surface area contributed by atoms with E-state index in [1.807, 2.05) is 24.3 Å². The molecule has 0 unspecified atom stereocenters. The van der Waals surface area contributed by atoms with Crippen molar-refractivity contribution in [1.82, 2.24) is 10.3 Å². The summed E-state index contributed by atoms with van der Waals surface area (Å²) in [5.74, 6) is -0.00965. The van der Waals surface area contributed by atoms with Crippen molar-refractivity contribution < 1.29 is 9.90 Å². The van der Waals surface area contributed by atoms with Gasteiger partial charge in [-0.3, -0.25) is 4.79 Å². The third-order valence-electron chi connectivity index (χ3n) is 3.80. The van der Waals surface area contributed by atoms with Gasteiger partial charge < -0.3 is 10.4 Å². The van der Waals surface area contributed by atoms with Crippen LogP contribution in [0.4, 0.5) is 0 Å². The van der Waals surface area contributed by atoms with Gasteiger partial charge in [-0.15, -0.1) is 11.3 Å². The van der Waals surface area contributed by atoms with Gasteiger partial charge in [0.15, 0.2) is 0 Å². The van der Waals surface area contributed by atoms with E-state index in [1.54, 1.807) is 11.3 Å². The van der Waals surface area contributed by atoms with Crippen LogP contribution in [-0.4, -0.2) is 28.1 Å². The van der Waals surface area contributed by atoms with E-state index >= 15 is 0 Å². The molecule has 0 saturated heterocycles. The van der Waals surface area contributed by atoms with Crippen LogP contribution in [0.2, 0.25) is 0 Å². The van der Waals surface area contributed by atoms with Gasteiger partial charge >= 0.3 is 0 Å². The van der Waals surface area contributed by atoms with Crippen LogP contribution >= 0.6 is 11.3 Å². The topological polar surface area (TPSA) is 62.2 Å². The maximum atomic E-state index is 11.8. The summed E-state index contributed by atoms with van der Waals surface area (Å²) in [6, 6.07) is 8.00. The lowest BCUT2D eigenvalue weighted by atomic mass is 9.80. The Hall–Kier alpha value is -1.46. The van der Waals surface area contributed by atoms with Gasteiger partial charge in [0.05, 0.1) is 20.8 Å². The Morgan fingerprint density at radius 1 is 1.40 bits per heavy atom. The summed E-state index contributed by atoms with van der Waals surface area (Å²) in [4.78, 5) is 16.3. The Kier molecular flexibility index (Phi) is 3.72. The van der Waals surface area contributed by atoms with Crippen molar-refractivity contribution in [3.8, 4) is 0 Å². The smallest absolute Gasteiger partial charge is 0.220 e. The molecule has 0 aliphatic heterocycles. The molecule has 4 nitrogen and oxygen atoms in total. The van der Waals surface area contributed by atoms with Crippen LogP contribution in [0.15, 0.2) is 24.3 Å². The first-order chi connectivity index (χ1) is 9.65. The van der Waals surface area contributed by atoms with E-state index in [2.05, 4.69) is 10.3 Å². The molecule has 1 heterocycles. The van der Waals surface area contributed by atoms with E-state index < -0.39 is 5.60 Å². The molecule has 2 aromatic rings. The van der Waals surface area contributed by atoms with E-state index in [4.69, 9.17) is 0 Å². The Morgan fingerprint density at radius 3 is 2.90 bits per heavy atom. The van der Waals surface area contributed by atoms with Crippen LogP contribution in [0.5, 0.6) is 0 Å². The number of rotatable bonds is 5. The van der Waals surface area contributed by atoms with Crippen molar-refractivity contribution in [3.05, 3.63) is 29.3 Å². The zero-order chi connectivity index (χ0) is 14.0. The molecule has 1 aromatic heterocycles. The summed E-state index contributed by atoms with van der Waals surface area (Å²) in [5.41, 5.74) is 0.350. The monoisotopic (exact) mass is 290 g/mol. The molecule has 1 fully saturated rings. The van der Waals surface area contributed by atoms with E-state index in [1.165, 1.54) is 0 Å². The van der Waals surface area contributed by atoms with Crippen LogP contribution in [0, 0.1) is 0 Å². The number of nitrogens with one attached hydrogen (secondary N) is 1. The molecule has 5 heteroatoms. The van der Waals surface area contributed by atoms with Crippen LogP contribution in [-0.2, 0) is 11.2 Å². The van der Waals surface area contributed by atoms with Crippen LogP contribution in [0.3, 0.4) is 0 Å². The molecule has 0 spiro atoms. The third kappa shape index (κ3) is 2.99. The first-order valence-electron chi connectivity index (χ1n) is 6.98. The summed E-state index contributed by atoms with van der Waals surface area (Å²) in [6.07, 6.45) is 3.73. The number of nitrogens with zero attached hydrogens (tertiary/aromatic N) is 1. The number of aryl methyl sites for hydroxylation is 1. The number of carbonyl (C=O) groups excluding carboxylic acids is 1. The highest BCUT2D eigenvalue weighted by molar-refractivity contribution is 7.18. The van der Waals surface area contributed by atoms with Crippen molar-refractivity contribution in [2.45, 2.75) is 37.7 Å². The highest BCUT2D eigenvalue weighted by Crippen LogP contribution is 2.30. The molecular weight excluding hydrogens is 272 g/mol. The number of carbonyl (C=O) groups is 1. The van der Waals surface area contributed by atoms with Gasteiger partial charge in [0.2, 0.25) is 5.91 Å². The zero-order valence-electron chi connectivity index (χ0n) is 11.3. The molecule has 20 heavy (non-hydrogen) atoms. The van der Waals surface area contributed by atoms with Gasteiger partial charge in [-0.25, -0.2) is 4.98 Å². The Balaban J connectivity index is 1.49. The first-order valence-corrected chi connectivity index (χ1v) is 7.80. The number of benzene rings is 1. The predicted molar refractivity (Wildman–Crippen MR) is 79.8 cm³/mol. The molecule has 1 aromatic carbocycles. The quantitative estimate of drug-likeness (QED) is 0.888. The number of aliphatic hydroxyl groups is 1. The zero-order valence-corrected chi connectivity index (χ0v) is 12.1.